The third-order valence-corrected chi connectivity index (χ3v) is 5.62. The average Bonchev–Trinajstić information content (AvgIpc) is 3.44. The summed E-state index contributed by atoms with van der Waals surface area (Å²) in [6.45, 7) is 3.99. The highest BCUT2D eigenvalue weighted by atomic mass is 16.5. The molecule has 1 aromatic carbocycles. The number of benzene rings is 1. The quantitative estimate of drug-likeness (QED) is 0.395. The second kappa shape index (κ2) is 8.57. The first-order valence-corrected chi connectivity index (χ1v) is 10.5. The zero-order valence-corrected chi connectivity index (χ0v) is 18.0. The maximum atomic E-state index is 12.6. The molecule has 0 saturated carbocycles. The van der Waals surface area contributed by atoms with Crippen LogP contribution in [0, 0.1) is 0 Å². The summed E-state index contributed by atoms with van der Waals surface area (Å²) >= 11 is 0. The molecule has 1 saturated heterocycles. The molecule has 174 valence electrons. The predicted molar refractivity (Wildman–Crippen MR) is 121 cm³/mol. The zero-order chi connectivity index (χ0) is 23.8. The number of primary amides is 1. The van der Waals surface area contributed by atoms with Crippen LogP contribution in [0.1, 0.15) is 15.9 Å². The van der Waals surface area contributed by atoms with Gasteiger partial charge in [-0.1, -0.05) is 6.07 Å². The van der Waals surface area contributed by atoms with Crippen molar-refractivity contribution in [3.63, 3.8) is 0 Å². The Kier molecular flexibility index (Phi) is 5.43. The number of hydrogen-bond donors (Lipinski definition) is 3. The van der Waals surface area contributed by atoms with Crippen molar-refractivity contribution in [3.05, 3.63) is 64.1 Å². The molecule has 4 aromatic rings. The number of aromatic carboxylic acids is 1. The molecule has 1 aliphatic heterocycles. The number of ether oxygens (including phenoxy) is 1. The number of amides is 1. The Morgan fingerprint density at radius 1 is 1.18 bits per heavy atom. The fourth-order valence-electron chi connectivity index (χ4n) is 3.95. The fraction of sp³-hybridized carbons (Fsp3) is 0.227. The lowest BCUT2D eigenvalue weighted by Crippen LogP contribution is -2.35. The number of rotatable bonds is 5. The van der Waals surface area contributed by atoms with Crippen LogP contribution >= 0.6 is 0 Å². The Morgan fingerprint density at radius 2 is 1.97 bits per heavy atom. The molecular weight excluding hydrogens is 442 g/mol. The third-order valence-electron chi connectivity index (χ3n) is 5.62. The third kappa shape index (κ3) is 3.95. The summed E-state index contributed by atoms with van der Waals surface area (Å²) in [5.74, 6) is -0.999. The number of carbonyl (C=O) groups excluding carboxylic acids is 1. The summed E-state index contributed by atoms with van der Waals surface area (Å²) in [6.07, 6.45) is 1.34. The van der Waals surface area contributed by atoms with Crippen LogP contribution in [0.4, 0.5) is 4.79 Å². The van der Waals surface area contributed by atoms with Crippen LogP contribution in [0.2, 0.25) is 0 Å². The topological polar surface area (TPSA) is 161 Å². The summed E-state index contributed by atoms with van der Waals surface area (Å²) in [5.41, 5.74) is 7.08. The molecule has 34 heavy (non-hydrogen) atoms. The Bertz CT molecular complexity index is 1460. The molecule has 0 aliphatic carbocycles. The van der Waals surface area contributed by atoms with Crippen molar-refractivity contribution in [1.82, 2.24) is 29.2 Å². The Morgan fingerprint density at radius 3 is 2.71 bits per heavy atom. The minimum atomic E-state index is -1.38. The number of pyridine rings is 1. The number of carboxylic acids is 1. The molecule has 1 amide bonds. The molecule has 1 fully saturated rings. The standard InChI is InChI=1S/C22H21N7O5/c23-22(33)29-18(28-5-1-2-14(20(28)30)21(31)32)11-17(26-29)19-24-15-4-3-13(10-16(15)25-19)12-27-6-8-34-9-7-27/h1-5,10-11H,6-9,12H2,(H2,23,33)(H,24,25)(H,31,32). The van der Waals surface area contributed by atoms with E-state index in [2.05, 4.69) is 20.0 Å². The molecule has 4 N–H and O–H groups in total. The van der Waals surface area contributed by atoms with Gasteiger partial charge in [-0.3, -0.25) is 14.3 Å². The van der Waals surface area contributed by atoms with Crippen molar-refractivity contribution in [1.29, 1.82) is 0 Å². The maximum absolute atomic E-state index is 12.6. The van der Waals surface area contributed by atoms with E-state index in [0.717, 1.165) is 53.2 Å². The minimum Gasteiger partial charge on any atom is -0.477 e. The van der Waals surface area contributed by atoms with E-state index in [1.54, 1.807) is 0 Å². The summed E-state index contributed by atoms with van der Waals surface area (Å²) in [7, 11) is 0. The van der Waals surface area contributed by atoms with Crippen molar-refractivity contribution < 1.29 is 19.4 Å². The van der Waals surface area contributed by atoms with E-state index in [0.29, 0.717) is 11.3 Å². The van der Waals surface area contributed by atoms with Gasteiger partial charge in [-0.25, -0.2) is 14.6 Å². The molecule has 5 rings (SSSR count). The van der Waals surface area contributed by atoms with Crippen LogP contribution in [0.15, 0.2) is 47.4 Å². The van der Waals surface area contributed by atoms with E-state index in [9.17, 15) is 19.5 Å². The molecule has 0 unspecified atom stereocenters. The minimum absolute atomic E-state index is 0.00376. The van der Waals surface area contributed by atoms with E-state index in [1.165, 1.54) is 24.4 Å². The molecule has 12 heteroatoms. The Labute approximate surface area is 192 Å². The second-order valence-corrected chi connectivity index (χ2v) is 7.87. The highest BCUT2D eigenvalue weighted by Gasteiger charge is 2.20. The van der Waals surface area contributed by atoms with Crippen LogP contribution in [0.5, 0.6) is 0 Å². The first-order valence-electron chi connectivity index (χ1n) is 10.5. The van der Waals surface area contributed by atoms with Crippen molar-refractivity contribution in [2.75, 3.05) is 26.3 Å². The van der Waals surface area contributed by atoms with Crippen LogP contribution in [-0.4, -0.2) is 72.6 Å². The number of nitrogens with two attached hydrogens (primary N) is 1. The van der Waals surface area contributed by atoms with Crippen molar-refractivity contribution >= 4 is 23.0 Å². The number of nitrogens with one attached hydrogen (secondary N) is 1. The first-order chi connectivity index (χ1) is 16.4. The number of aromatic amines is 1. The monoisotopic (exact) mass is 463 g/mol. The van der Waals surface area contributed by atoms with E-state index in [1.807, 2.05) is 18.2 Å². The van der Waals surface area contributed by atoms with E-state index in [-0.39, 0.29) is 11.5 Å². The van der Waals surface area contributed by atoms with E-state index in [4.69, 9.17) is 10.5 Å². The molecule has 12 nitrogen and oxygen atoms in total. The summed E-state index contributed by atoms with van der Waals surface area (Å²) in [5, 5.41) is 13.5. The summed E-state index contributed by atoms with van der Waals surface area (Å²) < 4.78 is 7.24. The lowest BCUT2D eigenvalue weighted by molar-refractivity contribution is 0.0342. The Balaban J connectivity index is 1.52. The van der Waals surface area contributed by atoms with Gasteiger partial charge in [-0.05, 0) is 29.8 Å². The molecule has 0 spiro atoms. The normalized spacial score (nSPS) is 14.5. The highest BCUT2D eigenvalue weighted by Crippen LogP contribution is 2.23. The fourth-order valence-corrected chi connectivity index (χ4v) is 3.95. The van der Waals surface area contributed by atoms with Gasteiger partial charge in [0, 0.05) is 31.9 Å². The average molecular weight is 463 g/mol. The van der Waals surface area contributed by atoms with Gasteiger partial charge in [0.05, 0.1) is 24.2 Å². The molecule has 0 radical (unpaired) electrons. The molecule has 0 bridgehead atoms. The van der Waals surface area contributed by atoms with Crippen molar-refractivity contribution in [2.24, 2.45) is 5.73 Å². The number of aromatic nitrogens is 5. The van der Waals surface area contributed by atoms with Gasteiger partial charge in [0.25, 0.3) is 5.56 Å². The SMILES string of the molecule is NC(=O)n1nc(-c2nc3ccc(CN4CCOCC4)cc3[nH]2)cc1-n1cccc(C(=O)O)c1=O. The highest BCUT2D eigenvalue weighted by molar-refractivity contribution is 5.87. The zero-order valence-electron chi connectivity index (χ0n) is 18.0. The Hall–Kier alpha value is -4.29. The number of nitrogens with zero attached hydrogens (tertiary/aromatic N) is 5. The van der Waals surface area contributed by atoms with Crippen LogP contribution in [0.25, 0.3) is 28.4 Å². The van der Waals surface area contributed by atoms with Crippen LogP contribution in [-0.2, 0) is 11.3 Å². The lowest BCUT2D eigenvalue weighted by atomic mass is 10.2. The number of morpholine rings is 1. The predicted octanol–water partition coefficient (Wildman–Crippen LogP) is 1.03. The summed E-state index contributed by atoms with van der Waals surface area (Å²) in [4.78, 5) is 46.1. The second-order valence-electron chi connectivity index (χ2n) is 7.87. The van der Waals surface area contributed by atoms with Crippen molar-refractivity contribution in [3.8, 4) is 17.3 Å². The summed E-state index contributed by atoms with van der Waals surface area (Å²) in [6, 6.07) is 9.00. The van der Waals surface area contributed by atoms with Crippen molar-refractivity contribution in [2.45, 2.75) is 6.54 Å². The van der Waals surface area contributed by atoms with Crippen LogP contribution in [0.3, 0.4) is 0 Å². The number of carboxylic acid groups (broad SMARTS) is 1. The molecular formula is C22H21N7O5. The number of fused-ring (bicyclic) bond motifs is 1. The number of hydrogen-bond acceptors (Lipinski definition) is 7. The van der Waals surface area contributed by atoms with Gasteiger partial charge in [-0.15, -0.1) is 0 Å². The number of H-pyrrole nitrogens is 1. The maximum Gasteiger partial charge on any atom is 0.341 e. The van der Waals surface area contributed by atoms with Gasteiger partial charge < -0.3 is 20.6 Å². The van der Waals surface area contributed by atoms with Crippen LogP contribution < -0.4 is 11.3 Å². The smallest absolute Gasteiger partial charge is 0.341 e. The van der Waals surface area contributed by atoms with Gasteiger partial charge in [0.1, 0.15) is 17.1 Å². The number of carbonyl (C=O) groups is 2. The number of imidazole rings is 1. The van der Waals surface area contributed by atoms with Gasteiger partial charge >= 0.3 is 12.0 Å². The molecule has 1 aliphatic rings. The van der Waals surface area contributed by atoms with E-state index < -0.39 is 23.1 Å². The lowest BCUT2D eigenvalue weighted by Gasteiger charge is -2.26. The van der Waals surface area contributed by atoms with Gasteiger partial charge in [0.15, 0.2) is 5.82 Å². The largest absolute Gasteiger partial charge is 0.477 e. The van der Waals surface area contributed by atoms with Gasteiger partial charge in [-0.2, -0.15) is 9.78 Å². The first kappa shape index (κ1) is 21.6. The van der Waals surface area contributed by atoms with Gasteiger partial charge in [0.2, 0.25) is 0 Å². The molecule has 0 atom stereocenters. The molecule has 4 heterocycles. The molecule has 3 aromatic heterocycles. The van der Waals surface area contributed by atoms with E-state index >= 15 is 0 Å².